The largest absolute Gasteiger partial charge is 0.507 e. The SMILES string of the molecule is Cc1ccc(C(=O)N(C)C(C)CN)c(O)c1. The van der Waals surface area contributed by atoms with E-state index >= 15 is 0 Å². The van der Waals surface area contributed by atoms with Gasteiger partial charge in [-0.15, -0.1) is 0 Å². The minimum atomic E-state index is -0.213. The maximum atomic E-state index is 12.0. The first kappa shape index (κ1) is 12.5. The molecule has 4 nitrogen and oxygen atoms in total. The molecule has 0 aliphatic carbocycles. The first-order valence-corrected chi connectivity index (χ1v) is 5.24. The van der Waals surface area contributed by atoms with Gasteiger partial charge in [-0.3, -0.25) is 4.79 Å². The Morgan fingerprint density at radius 2 is 2.19 bits per heavy atom. The van der Waals surface area contributed by atoms with E-state index in [1.165, 1.54) is 4.90 Å². The number of carbonyl (C=O) groups excluding carboxylic acids is 1. The number of rotatable bonds is 3. The Hall–Kier alpha value is -1.55. The van der Waals surface area contributed by atoms with Crippen molar-refractivity contribution in [3.8, 4) is 5.75 Å². The van der Waals surface area contributed by atoms with Crippen molar-refractivity contribution in [1.82, 2.24) is 4.90 Å². The Morgan fingerprint density at radius 3 is 2.69 bits per heavy atom. The first-order valence-electron chi connectivity index (χ1n) is 5.24. The maximum absolute atomic E-state index is 12.0. The van der Waals surface area contributed by atoms with Gasteiger partial charge in [-0.2, -0.15) is 0 Å². The van der Waals surface area contributed by atoms with Crippen LogP contribution in [-0.4, -0.2) is 35.5 Å². The molecule has 0 fully saturated rings. The van der Waals surface area contributed by atoms with E-state index in [-0.39, 0.29) is 17.7 Å². The lowest BCUT2D eigenvalue weighted by atomic mass is 10.1. The van der Waals surface area contributed by atoms with E-state index < -0.39 is 0 Å². The van der Waals surface area contributed by atoms with Crippen molar-refractivity contribution in [3.63, 3.8) is 0 Å². The van der Waals surface area contributed by atoms with E-state index in [2.05, 4.69) is 0 Å². The number of aromatic hydroxyl groups is 1. The molecule has 0 heterocycles. The van der Waals surface area contributed by atoms with Gasteiger partial charge in [0.2, 0.25) is 0 Å². The molecule has 88 valence electrons. The highest BCUT2D eigenvalue weighted by Crippen LogP contribution is 2.20. The Kier molecular flexibility index (Phi) is 3.90. The van der Waals surface area contributed by atoms with E-state index in [0.717, 1.165) is 5.56 Å². The van der Waals surface area contributed by atoms with Gasteiger partial charge in [0.15, 0.2) is 0 Å². The number of hydrogen-bond acceptors (Lipinski definition) is 3. The zero-order valence-electron chi connectivity index (χ0n) is 9.90. The average molecular weight is 222 g/mol. The fourth-order valence-corrected chi connectivity index (χ4v) is 1.37. The van der Waals surface area contributed by atoms with Crippen LogP contribution in [0.5, 0.6) is 5.75 Å². The molecule has 0 spiro atoms. The van der Waals surface area contributed by atoms with Crippen LogP contribution in [-0.2, 0) is 0 Å². The third-order valence-corrected chi connectivity index (χ3v) is 2.71. The van der Waals surface area contributed by atoms with Crippen molar-refractivity contribution in [2.75, 3.05) is 13.6 Å². The molecule has 1 aromatic carbocycles. The third-order valence-electron chi connectivity index (χ3n) is 2.71. The quantitative estimate of drug-likeness (QED) is 0.805. The number of likely N-dealkylation sites (N-methyl/N-ethyl adjacent to an activating group) is 1. The van der Waals surface area contributed by atoms with Gasteiger partial charge in [0.05, 0.1) is 5.56 Å². The molecule has 0 saturated carbocycles. The zero-order chi connectivity index (χ0) is 12.3. The topological polar surface area (TPSA) is 66.6 Å². The molecule has 1 aromatic rings. The van der Waals surface area contributed by atoms with Crippen molar-refractivity contribution < 1.29 is 9.90 Å². The van der Waals surface area contributed by atoms with Crippen LogP contribution in [0.1, 0.15) is 22.8 Å². The highest BCUT2D eigenvalue weighted by Gasteiger charge is 2.19. The first-order chi connectivity index (χ1) is 7.47. The minimum absolute atomic E-state index is 0.0149. The molecule has 0 aliphatic rings. The van der Waals surface area contributed by atoms with Crippen molar-refractivity contribution in [2.45, 2.75) is 19.9 Å². The average Bonchev–Trinajstić information content (AvgIpc) is 2.26. The van der Waals surface area contributed by atoms with Crippen LogP contribution in [0.3, 0.4) is 0 Å². The molecule has 16 heavy (non-hydrogen) atoms. The summed E-state index contributed by atoms with van der Waals surface area (Å²) in [6.45, 7) is 4.12. The third kappa shape index (κ3) is 2.52. The number of nitrogens with zero attached hydrogens (tertiary/aromatic N) is 1. The van der Waals surface area contributed by atoms with Crippen molar-refractivity contribution >= 4 is 5.91 Å². The lowest BCUT2D eigenvalue weighted by molar-refractivity contribution is 0.0745. The highest BCUT2D eigenvalue weighted by atomic mass is 16.3. The van der Waals surface area contributed by atoms with Crippen molar-refractivity contribution in [2.24, 2.45) is 5.73 Å². The summed E-state index contributed by atoms with van der Waals surface area (Å²) in [6.07, 6.45) is 0. The van der Waals surface area contributed by atoms with Gasteiger partial charge in [0.1, 0.15) is 5.75 Å². The fourth-order valence-electron chi connectivity index (χ4n) is 1.37. The molecule has 0 aliphatic heterocycles. The van der Waals surface area contributed by atoms with E-state index in [1.54, 1.807) is 25.2 Å². The van der Waals surface area contributed by atoms with Crippen LogP contribution in [0, 0.1) is 6.92 Å². The van der Waals surface area contributed by atoms with Gasteiger partial charge in [-0.25, -0.2) is 0 Å². The molecule has 0 bridgehead atoms. The molecule has 1 rings (SSSR count). The summed E-state index contributed by atoms with van der Waals surface area (Å²) in [7, 11) is 1.68. The normalized spacial score (nSPS) is 12.2. The molecule has 0 radical (unpaired) electrons. The smallest absolute Gasteiger partial charge is 0.257 e. The van der Waals surface area contributed by atoms with E-state index in [9.17, 15) is 9.90 Å². The number of aryl methyl sites for hydroxylation is 1. The standard InChI is InChI=1S/C12H18N2O2/c1-8-4-5-10(11(15)6-8)12(16)14(3)9(2)7-13/h4-6,9,15H,7,13H2,1-3H3. The van der Waals surface area contributed by atoms with Crippen LogP contribution in [0.25, 0.3) is 0 Å². The van der Waals surface area contributed by atoms with Crippen LogP contribution >= 0.6 is 0 Å². The van der Waals surface area contributed by atoms with Crippen LogP contribution in [0.2, 0.25) is 0 Å². The number of amides is 1. The van der Waals surface area contributed by atoms with Gasteiger partial charge >= 0.3 is 0 Å². The Balaban J connectivity index is 2.96. The second kappa shape index (κ2) is 4.99. The monoisotopic (exact) mass is 222 g/mol. The van der Waals surface area contributed by atoms with Gasteiger partial charge in [0, 0.05) is 19.6 Å². The number of benzene rings is 1. The summed E-state index contributed by atoms with van der Waals surface area (Å²) >= 11 is 0. The predicted octanol–water partition coefficient (Wildman–Crippen LogP) is 1.12. The molecule has 4 heteroatoms. The van der Waals surface area contributed by atoms with Crippen LogP contribution < -0.4 is 5.73 Å². The highest BCUT2D eigenvalue weighted by molar-refractivity contribution is 5.96. The molecule has 0 saturated heterocycles. The minimum Gasteiger partial charge on any atom is -0.507 e. The predicted molar refractivity (Wildman–Crippen MR) is 63.5 cm³/mol. The fraction of sp³-hybridized carbons (Fsp3) is 0.417. The maximum Gasteiger partial charge on any atom is 0.257 e. The Labute approximate surface area is 95.7 Å². The molecule has 1 amide bonds. The number of phenolic OH excluding ortho intramolecular Hbond substituents is 1. The lowest BCUT2D eigenvalue weighted by Gasteiger charge is -2.24. The summed E-state index contributed by atoms with van der Waals surface area (Å²) in [5, 5.41) is 9.69. The molecule has 3 N–H and O–H groups in total. The van der Waals surface area contributed by atoms with Crippen molar-refractivity contribution in [1.29, 1.82) is 0 Å². The molecular weight excluding hydrogens is 204 g/mol. The summed E-state index contributed by atoms with van der Waals surface area (Å²) in [6, 6.07) is 4.96. The van der Waals surface area contributed by atoms with Gasteiger partial charge < -0.3 is 15.7 Å². The number of hydrogen-bond donors (Lipinski definition) is 2. The number of nitrogens with two attached hydrogens (primary N) is 1. The van der Waals surface area contributed by atoms with E-state index in [4.69, 9.17) is 5.73 Å². The number of carbonyl (C=O) groups is 1. The second-order valence-electron chi connectivity index (χ2n) is 4.02. The van der Waals surface area contributed by atoms with Gasteiger partial charge in [-0.1, -0.05) is 6.07 Å². The summed E-state index contributed by atoms with van der Waals surface area (Å²) in [4.78, 5) is 13.5. The molecular formula is C12H18N2O2. The number of phenols is 1. The lowest BCUT2D eigenvalue weighted by Crippen LogP contribution is -2.39. The molecule has 1 unspecified atom stereocenters. The summed E-state index contributed by atoms with van der Waals surface area (Å²) in [5.41, 5.74) is 6.73. The second-order valence-corrected chi connectivity index (χ2v) is 4.02. The molecule has 1 atom stereocenters. The Bertz CT molecular complexity index is 391. The van der Waals surface area contributed by atoms with Crippen molar-refractivity contribution in [3.05, 3.63) is 29.3 Å². The van der Waals surface area contributed by atoms with Gasteiger partial charge in [-0.05, 0) is 31.5 Å². The van der Waals surface area contributed by atoms with Gasteiger partial charge in [0.25, 0.3) is 5.91 Å². The zero-order valence-corrected chi connectivity index (χ0v) is 9.90. The summed E-state index contributed by atoms with van der Waals surface area (Å²) in [5.74, 6) is -0.198. The molecule has 0 aromatic heterocycles. The van der Waals surface area contributed by atoms with E-state index in [0.29, 0.717) is 12.1 Å². The van der Waals surface area contributed by atoms with Crippen LogP contribution in [0.4, 0.5) is 0 Å². The summed E-state index contributed by atoms with van der Waals surface area (Å²) < 4.78 is 0. The van der Waals surface area contributed by atoms with Crippen LogP contribution in [0.15, 0.2) is 18.2 Å². The Morgan fingerprint density at radius 1 is 1.56 bits per heavy atom. The van der Waals surface area contributed by atoms with E-state index in [1.807, 2.05) is 13.8 Å².